The van der Waals surface area contributed by atoms with Crippen LogP contribution < -0.4 is 5.32 Å². The summed E-state index contributed by atoms with van der Waals surface area (Å²) in [5.74, 6) is 1.17. The van der Waals surface area contributed by atoms with E-state index >= 15 is 0 Å². The lowest BCUT2D eigenvalue weighted by Gasteiger charge is -2.28. The SMILES string of the molecule is CCOC(=O)c1csc(NCC2CCCCC2C)n1. The zero-order chi connectivity index (χ0) is 13.7. The van der Waals surface area contributed by atoms with Crippen molar-refractivity contribution in [1.82, 2.24) is 4.98 Å². The van der Waals surface area contributed by atoms with E-state index in [0.29, 0.717) is 12.3 Å². The normalized spacial score (nSPS) is 23.1. The molecule has 0 saturated heterocycles. The number of ether oxygens (including phenoxy) is 1. The summed E-state index contributed by atoms with van der Waals surface area (Å²) in [5.41, 5.74) is 0.408. The van der Waals surface area contributed by atoms with E-state index in [-0.39, 0.29) is 5.97 Å². The van der Waals surface area contributed by atoms with Gasteiger partial charge in [-0.2, -0.15) is 0 Å². The lowest BCUT2D eigenvalue weighted by atomic mass is 9.80. The third kappa shape index (κ3) is 3.93. The highest BCUT2D eigenvalue weighted by Gasteiger charge is 2.21. The number of hydrogen-bond donors (Lipinski definition) is 1. The van der Waals surface area contributed by atoms with Crippen LogP contribution >= 0.6 is 11.3 Å². The fourth-order valence-corrected chi connectivity index (χ4v) is 3.26. The Labute approximate surface area is 118 Å². The van der Waals surface area contributed by atoms with E-state index in [9.17, 15) is 4.79 Å². The third-order valence-corrected chi connectivity index (χ3v) is 4.59. The van der Waals surface area contributed by atoms with Gasteiger partial charge in [-0.3, -0.25) is 0 Å². The largest absolute Gasteiger partial charge is 0.461 e. The standard InChI is InChI=1S/C14H22N2O2S/c1-3-18-13(17)12-9-19-14(16-12)15-8-11-7-5-4-6-10(11)2/h9-11H,3-8H2,1-2H3,(H,15,16). The average molecular weight is 282 g/mol. The van der Waals surface area contributed by atoms with Crippen LogP contribution in [-0.2, 0) is 4.74 Å². The molecule has 2 atom stereocenters. The summed E-state index contributed by atoms with van der Waals surface area (Å²) < 4.78 is 4.93. The van der Waals surface area contributed by atoms with Crippen LogP contribution in [0.25, 0.3) is 0 Å². The molecule has 106 valence electrons. The Kier molecular flexibility index (Phi) is 5.19. The quantitative estimate of drug-likeness (QED) is 0.839. The van der Waals surface area contributed by atoms with Crippen molar-refractivity contribution in [1.29, 1.82) is 0 Å². The number of carbonyl (C=O) groups is 1. The van der Waals surface area contributed by atoms with Gasteiger partial charge in [0.25, 0.3) is 0 Å². The smallest absolute Gasteiger partial charge is 0.357 e. The molecule has 1 fully saturated rings. The van der Waals surface area contributed by atoms with Gasteiger partial charge in [0.2, 0.25) is 0 Å². The minimum absolute atomic E-state index is 0.335. The lowest BCUT2D eigenvalue weighted by Crippen LogP contribution is -2.24. The van der Waals surface area contributed by atoms with Crippen molar-refractivity contribution < 1.29 is 9.53 Å². The first kappa shape index (κ1) is 14.3. The summed E-state index contributed by atoms with van der Waals surface area (Å²) in [6, 6.07) is 0. The van der Waals surface area contributed by atoms with Gasteiger partial charge in [-0.05, 0) is 25.2 Å². The second-order valence-corrected chi connectivity index (χ2v) is 6.02. The van der Waals surface area contributed by atoms with Gasteiger partial charge in [0, 0.05) is 11.9 Å². The first-order valence-corrected chi connectivity index (χ1v) is 7.95. The van der Waals surface area contributed by atoms with Crippen LogP contribution in [0.5, 0.6) is 0 Å². The van der Waals surface area contributed by atoms with Crippen molar-refractivity contribution in [3.63, 3.8) is 0 Å². The molecule has 1 aliphatic rings. The van der Waals surface area contributed by atoms with E-state index in [1.165, 1.54) is 37.0 Å². The molecule has 0 spiro atoms. The van der Waals surface area contributed by atoms with Crippen molar-refractivity contribution >= 4 is 22.4 Å². The molecule has 2 unspecified atom stereocenters. The van der Waals surface area contributed by atoms with Crippen LogP contribution in [-0.4, -0.2) is 24.1 Å². The predicted molar refractivity (Wildman–Crippen MR) is 77.7 cm³/mol. The first-order valence-electron chi connectivity index (χ1n) is 7.07. The summed E-state index contributed by atoms with van der Waals surface area (Å²) in [7, 11) is 0. The first-order chi connectivity index (χ1) is 9.20. The molecule has 1 aromatic rings. The maximum absolute atomic E-state index is 11.5. The molecule has 1 aromatic heterocycles. The molecular weight excluding hydrogens is 260 g/mol. The van der Waals surface area contributed by atoms with Gasteiger partial charge in [-0.1, -0.05) is 26.2 Å². The van der Waals surface area contributed by atoms with E-state index in [1.807, 2.05) is 0 Å². The summed E-state index contributed by atoms with van der Waals surface area (Å²) in [5, 5.41) is 5.94. The molecule has 4 nitrogen and oxygen atoms in total. The number of nitrogens with one attached hydrogen (secondary N) is 1. The molecule has 0 amide bonds. The molecule has 1 heterocycles. The number of esters is 1. The van der Waals surface area contributed by atoms with Gasteiger partial charge in [0.1, 0.15) is 0 Å². The molecular formula is C14H22N2O2S. The van der Waals surface area contributed by atoms with E-state index in [4.69, 9.17) is 4.74 Å². The Morgan fingerprint density at radius 1 is 1.53 bits per heavy atom. The number of hydrogen-bond acceptors (Lipinski definition) is 5. The molecule has 0 aromatic carbocycles. The summed E-state index contributed by atoms with van der Waals surface area (Å²) in [6.45, 7) is 5.47. The van der Waals surface area contributed by atoms with Crippen LogP contribution in [0.4, 0.5) is 5.13 Å². The molecule has 19 heavy (non-hydrogen) atoms. The third-order valence-electron chi connectivity index (χ3n) is 3.79. The maximum Gasteiger partial charge on any atom is 0.357 e. The van der Waals surface area contributed by atoms with Crippen molar-refractivity contribution in [2.75, 3.05) is 18.5 Å². The highest BCUT2D eigenvalue weighted by molar-refractivity contribution is 7.13. The van der Waals surface area contributed by atoms with E-state index in [1.54, 1.807) is 12.3 Å². The highest BCUT2D eigenvalue weighted by atomic mass is 32.1. The van der Waals surface area contributed by atoms with Crippen molar-refractivity contribution in [2.24, 2.45) is 11.8 Å². The number of anilines is 1. The van der Waals surface area contributed by atoms with Crippen molar-refractivity contribution in [3.8, 4) is 0 Å². The van der Waals surface area contributed by atoms with Gasteiger partial charge in [0.15, 0.2) is 10.8 Å². The zero-order valence-electron chi connectivity index (χ0n) is 11.6. The van der Waals surface area contributed by atoms with E-state index in [0.717, 1.165) is 23.5 Å². The molecule has 5 heteroatoms. The maximum atomic E-state index is 11.5. The van der Waals surface area contributed by atoms with Crippen LogP contribution in [0.3, 0.4) is 0 Å². The van der Waals surface area contributed by atoms with Gasteiger partial charge >= 0.3 is 5.97 Å². The topological polar surface area (TPSA) is 51.2 Å². The molecule has 1 saturated carbocycles. The van der Waals surface area contributed by atoms with E-state index in [2.05, 4.69) is 17.2 Å². The van der Waals surface area contributed by atoms with Crippen molar-refractivity contribution in [3.05, 3.63) is 11.1 Å². The van der Waals surface area contributed by atoms with Gasteiger partial charge in [-0.25, -0.2) is 9.78 Å². The number of nitrogens with zero attached hydrogens (tertiary/aromatic N) is 1. The number of thiazole rings is 1. The van der Waals surface area contributed by atoms with Crippen LogP contribution in [0.1, 0.15) is 50.0 Å². The fourth-order valence-electron chi connectivity index (χ4n) is 2.57. The summed E-state index contributed by atoms with van der Waals surface area (Å²) in [6.07, 6.45) is 5.33. The zero-order valence-corrected chi connectivity index (χ0v) is 12.5. The molecule has 1 aliphatic carbocycles. The van der Waals surface area contributed by atoms with Gasteiger partial charge in [-0.15, -0.1) is 11.3 Å². The Bertz CT molecular complexity index is 419. The summed E-state index contributed by atoms with van der Waals surface area (Å²) in [4.78, 5) is 15.8. The minimum Gasteiger partial charge on any atom is -0.461 e. The minimum atomic E-state index is -0.335. The Morgan fingerprint density at radius 2 is 2.32 bits per heavy atom. The lowest BCUT2D eigenvalue weighted by molar-refractivity contribution is 0.0520. The molecule has 0 aliphatic heterocycles. The highest BCUT2D eigenvalue weighted by Crippen LogP contribution is 2.30. The second-order valence-electron chi connectivity index (χ2n) is 5.16. The average Bonchev–Trinajstić information content (AvgIpc) is 2.87. The molecule has 2 rings (SSSR count). The Morgan fingerprint density at radius 3 is 3.05 bits per heavy atom. The molecule has 1 N–H and O–H groups in total. The Balaban J connectivity index is 1.84. The fraction of sp³-hybridized carbons (Fsp3) is 0.714. The monoisotopic (exact) mass is 282 g/mol. The van der Waals surface area contributed by atoms with Crippen LogP contribution in [0.15, 0.2) is 5.38 Å². The predicted octanol–water partition coefficient (Wildman–Crippen LogP) is 3.56. The molecule has 0 bridgehead atoms. The number of rotatable bonds is 5. The van der Waals surface area contributed by atoms with Crippen molar-refractivity contribution in [2.45, 2.75) is 39.5 Å². The summed E-state index contributed by atoms with van der Waals surface area (Å²) >= 11 is 1.47. The second kappa shape index (κ2) is 6.89. The number of carbonyl (C=O) groups excluding carboxylic acids is 1. The van der Waals surface area contributed by atoms with E-state index < -0.39 is 0 Å². The van der Waals surface area contributed by atoms with Crippen LogP contribution in [0.2, 0.25) is 0 Å². The van der Waals surface area contributed by atoms with Gasteiger partial charge < -0.3 is 10.1 Å². The molecule has 0 radical (unpaired) electrons. The van der Waals surface area contributed by atoms with Gasteiger partial charge in [0.05, 0.1) is 6.61 Å². The number of aromatic nitrogens is 1. The Hall–Kier alpha value is -1.10. The van der Waals surface area contributed by atoms with Crippen LogP contribution in [0, 0.1) is 11.8 Å².